The Morgan fingerprint density at radius 2 is 1.74 bits per heavy atom. The number of esters is 1. The molecule has 2 aromatic rings. The molecule has 1 fully saturated rings. The van der Waals surface area contributed by atoms with Crippen LogP contribution in [0.5, 0.6) is 0 Å². The van der Waals surface area contributed by atoms with Crippen molar-refractivity contribution in [2.75, 3.05) is 32.7 Å². The quantitative estimate of drug-likeness (QED) is 0.428. The molecule has 2 aliphatic heterocycles. The van der Waals surface area contributed by atoms with Crippen molar-refractivity contribution in [3.8, 4) is 0 Å². The highest BCUT2D eigenvalue weighted by Gasteiger charge is 2.36. The molecule has 2 N–H and O–H groups in total. The summed E-state index contributed by atoms with van der Waals surface area (Å²) in [5.74, 6) is -1.32. The molecule has 0 aliphatic carbocycles. The van der Waals surface area contributed by atoms with Gasteiger partial charge in [0.05, 0.1) is 0 Å². The lowest BCUT2D eigenvalue weighted by Gasteiger charge is -2.25. The molecule has 0 aromatic heterocycles. The molecule has 1 atom stereocenters. The second-order valence-electron chi connectivity index (χ2n) is 11.9. The van der Waals surface area contributed by atoms with E-state index in [0.717, 1.165) is 49.2 Å². The molecule has 226 valence electrons. The molecule has 0 unspecified atom stereocenters. The van der Waals surface area contributed by atoms with Gasteiger partial charge >= 0.3 is 12.1 Å². The standard InChI is InChI=1S/C32H42N4O6/c1-32(2,3)42-28(37)13-12-27(29(33)38)36-21-25-20-23(10-11-26(25)30(36)39)14-17-34-15-7-16-35(19-18-34)31(40)41-22-24-8-5-4-6-9-24/h4-6,8-11,20,27H,7,12-19,21-22H2,1-3H3,(H2,33,38)/t27-/m0/s1. The van der Waals surface area contributed by atoms with E-state index in [1.165, 1.54) is 4.90 Å². The van der Waals surface area contributed by atoms with Gasteiger partial charge in [-0.25, -0.2) is 4.79 Å². The van der Waals surface area contributed by atoms with Crippen LogP contribution in [0.1, 0.15) is 67.1 Å². The van der Waals surface area contributed by atoms with Crippen molar-refractivity contribution in [2.24, 2.45) is 5.73 Å². The van der Waals surface area contributed by atoms with E-state index in [1.807, 2.05) is 48.5 Å². The van der Waals surface area contributed by atoms with Crippen LogP contribution >= 0.6 is 0 Å². The van der Waals surface area contributed by atoms with Crippen molar-refractivity contribution in [2.45, 2.75) is 71.2 Å². The van der Waals surface area contributed by atoms with E-state index in [9.17, 15) is 19.2 Å². The molecule has 0 radical (unpaired) electrons. The lowest BCUT2D eigenvalue weighted by Crippen LogP contribution is -2.45. The van der Waals surface area contributed by atoms with Crippen molar-refractivity contribution in [1.29, 1.82) is 0 Å². The number of nitrogens with zero attached hydrogens (tertiary/aromatic N) is 3. The topological polar surface area (TPSA) is 122 Å². The first kappa shape index (κ1) is 31.0. The van der Waals surface area contributed by atoms with E-state index in [-0.39, 0.29) is 38.0 Å². The second-order valence-corrected chi connectivity index (χ2v) is 11.9. The number of carbonyl (C=O) groups excluding carboxylic acids is 4. The number of hydrogen-bond acceptors (Lipinski definition) is 7. The van der Waals surface area contributed by atoms with Crippen LogP contribution in [0.25, 0.3) is 0 Å². The van der Waals surface area contributed by atoms with Gasteiger partial charge in [-0.1, -0.05) is 42.5 Å². The summed E-state index contributed by atoms with van der Waals surface area (Å²) in [6.45, 7) is 9.61. The minimum Gasteiger partial charge on any atom is -0.460 e. The molecular weight excluding hydrogens is 536 g/mol. The maximum absolute atomic E-state index is 13.1. The third-order valence-electron chi connectivity index (χ3n) is 7.52. The van der Waals surface area contributed by atoms with Gasteiger partial charge in [-0.3, -0.25) is 14.4 Å². The molecule has 0 spiro atoms. The van der Waals surface area contributed by atoms with Crippen LogP contribution in [0.15, 0.2) is 48.5 Å². The number of ether oxygens (including phenoxy) is 2. The molecule has 42 heavy (non-hydrogen) atoms. The van der Waals surface area contributed by atoms with E-state index in [1.54, 1.807) is 25.7 Å². The van der Waals surface area contributed by atoms with Gasteiger partial charge in [-0.15, -0.1) is 0 Å². The molecule has 1 saturated heterocycles. The van der Waals surface area contributed by atoms with E-state index >= 15 is 0 Å². The average Bonchev–Trinajstić information content (AvgIpc) is 3.09. The van der Waals surface area contributed by atoms with E-state index in [2.05, 4.69) is 4.90 Å². The minimum atomic E-state index is -0.889. The number of primary amides is 1. The number of nitrogens with two attached hydrogens (primary N) is 1. The van der Waals surface area contributed by atoms with Crippen molar-refractivity contribution in [3.63, 3.8) is 0 Å². The predicted molar refractivity (Wildman–Crippen MR) is 157 cm³/mol. The largest absolute Gasteiger partial charge is 0.460 e. The van der Waals surface area contributed by atoms with Gasteiger partial charge in [0, 0.05) is 44.7 Å². The smallest absolute Gasteiger partial charge is 0.410 e. The Kier molecular flexibility index (Phi) is 10.2. The fourth-order valence-electron chi connectivity index (χ4n) is 5.38. The summed E-state index contributed by atoms with van der Waals surface area (Å²) in [5.41, 5.74) is 8.49. The molecule has 0 bridgehead atoms. The number of carbonyl (C=O) groups is 4. The summed E-state index contributed by atoms with van der Waals surface area (Å²) < 4.78 is 10.9. The van der Waals surface area contributed by atoms with Crippen LogP contribution in [0.3, 0.4) is 0 Å². The lowest BCUT2D eigenvalue weighted by molar-refractivity contribution is -0.155. The molecule has 2 heterocycles. The summed E-state index contributed by atoms with van der Waals surface area (Å²) >= 11 is 0. The third-order valence-corrected chi connectivity index (χ3v) is 7.52. The van der Waals surface area contributed by atoms with Gasteiger partial charge in [0.25, 0.3) is 5.91 Å². The number of hydrogen-bond donors (Lipinski definition) is 1. The number of fused-ring (bicyclic) bond motifs is 1. The van der Waals surface area contributed by atoms with Crippen LogP contribution in [-0.2, 0) is 38.6 Å². The Balaban J connectivity index is 1.27. The van der Waals surface area contributed by atoms with Crippen LogP contribution in [0, 0.1) is 0 Å². The van der Waals surface area contributed by atoms with E-state index in [0.29, 0.717) is 18.7 Å². The van der Waals surface area contributed by atoms with Crippen molar-refractivity contribution >= 4 is 23.9 Å². The fourth-order valence-corrected chi connectivity index (χ4v) is 5.38. The monoisotopic (exact) mass is 578 g/mol. The second kappa shape index (κ2) is 13.8. The molecule has 2 aromatic carbocycles. The van der Waals surface area contributed by atoms with Crippen LogP contribution in [-0.4, -0.2) is 82.9 Å². The highest BCUT2D eigenvalue weighted by Crippen LogP contribution is 2.28. The van der Waals surface area contributed by atoms with Gasteiger partial charge in [-0.05, 0) is 69.3 Å². The van der Waals surface area contributed by atoms with Crippen LogP contribution in [0.4, 0.5) is 4.79 Å². The fraction of sp³-hybridized carbons (Fsp3) is 0.500. The highest BCUT2D eigenvalue weighted by molar-refractivity contribution is 6.01. The molecule has 0 saturated carbocycles. The van der Waals surface area contributed by atoms with Gasteiger partial charge in [0.1, 0.15) is 18.2 Å². The van der Waals surface area contributed by atoms with E-state index < -0.39 is 23.5 Å². The van der Waals surface area contributed by atoms with Gasteiger partial charge in [0.15, 0.2) is 0 Å². The maximum atomic E-state index is 13.1. The van der Waals surface area contributed by atoms with Gasteiger partial charge in [0.2, 0.25) is 5.91 Å². The predicted octanol–water partition coefficient (Wildman–Crippen LogP) is 3.51. The normalized spacial score (nSPS) is 16.5. The summed E-state index contributed by atoms with van der Waals surface area (Å²) in [6, 6.07) is 14.5. The Hall–Kier alpha value is -3.92. The summed E-state index contributed by atoms with van der Waals surface area (Å²) in [7, 11) is 0. The Bertz CT molecular complexity index is 1280. The first-order valence-electron chi connectivity index (χ1n) is 14.6. The van der Waals surface area contributed by atoms with E-state index in [4.69, 9.17) is 15.2 Å². The van der Waals surface area contributed by atoms with Crippen LogP contribution < -0.4 is 5.73 Å². The molecule has 3 amide bonds. The molecule has 2 aliphatic rings. The summed E-state index contributed by atoms with van der Waals surface area (Å²) in [4.78, 5) is 55.8. The zero-order valence-electron chi connectivity index (χ0n) is 24.8. The zero-order chi connectivity index (χ0) is 30.3. The number of rotatable bonds is 10. The first-order valence-corrected chi connectivity index (χ1v) is 14.6. The van der Waals surface area contributed by atoms with Crippen molar-refractivity contribution in [1.82, 2.24) is 14.7 Å². The molecule has 10 heteroatoms. The molecule has 10 nitrogen and oxygen atoms in total. The lowest BCUT2D eigenvalue weighted by atomic mass is 10.0. The van der Waals surface area contributed by atoms with Crippen molar-refractivity contribution in [3.05, 3.63) is 70.8 Å². The number of benzene rings is 2. The van der Waals surface area contributed by atoms with Gasteiger partial charge < -0.3 is 29.9 Å². The Morgan fingerprint density at radius 3 is 2.45 bits per heavy atom. The van der Waals surface area contributed by atoms with Gasteiger partial charge in [-0.2, -0.15) is 0 Å². The van der Waals surface area contributed by atoms with Crippen molar-refractivity contribution < 1.29 is 28.7 Å². The third kappa shape index (κ3) is 8.55. The highest BCUT2D eigenvalue weighted by atomic mass is 16.6. The maximum Gasteiger partial charge on any atom is 0.410 e. The summed E-state index contributed by atoms with van der Waals surface area (Å²) in [5, 5.41) is 0. The average molecular weight is 579 g/mol. The zero-order valence-corrected chi connectivity index (χ0v) is 24.8. The number of amides is 3. The minimum absolute atomic E-state index is 0.00569. The Labute approximate surface area is 247 Å². The van der Waals surface area contributed by atoms with Crippen LogP contribution in [0.2, 0.25) is 0 Å². The SMILES string of the molecule is CC(C)(C)OC(=O)CC[C@@H](C(N)=O)N1Cc2cc(CCN3CCCN(C(=O)OCc4ccccc4)CC3)ccc2C1=O. The first-order chi connectivity index (χ1) is 20.0. The molecule has 4 rings (SSSR count). The molecular formula is C32H42N4O6. The Morgan fingerprint density at radius 1 is 0.976 bits per heavy atom. The summed E-state index contributed by atoms with van der Waals surface area (Å²) in [6.07, 6.45) is 1.48.